The molecule has 0 aliphatic rings. The van der Waals surface area contributed by atoms with Crippen molar-refractivity contribution in [1.82, 2.24) is 10.2 Å². The highest BCUT2D eigenvalue weighted by atomic mass is 32.1. The van der Waals surface area contributed by atoms with Gasteiger partial charge in [-0.1, -0.05) is 23.5 Å². The van der Waals surface area contributed by atoms with Gasteiger partial charge in [-0.2, -0.15) is 0 Å². The molecule has 0 unspecified atom stereocenters. The summed E-state index contributed by atoms with van der Waals surface area (Å²) < 4.78 is 5.44. The molecule has 0 atom stereocenters. The highest BCUT2D eigenvalue weighted by molar-refractivity contribution is 7.15. The Morgan fingerprint density at radius 2 is 2.28 bits per heavy atom. The molecule has 2 aromatic rings. The smallest absolute Gasteiger partial charge is 0.311 e. The van der Waals surface area contributed by atoms with E-state index in [0.29, 0.717) is 15.7 Å². The van der Waals surface area contributed by atoms with E-state index in [1.54, 1.807) is 19.1 Å². The second-order valence-corrected chi connectivity index (χ2v) is 4.60. The maximum Gasteiger partial charge on any atom is 0.311 e. The van der Waals surface area contributed by atoms with Crippen LogP contribution in [0.3, 0.4) is 0 Å². The van der Waals surface area contributed by atoms with E-state index >= 15 is 0 Å². The Labute approximate surface area is 106 Å². The number of nitrogens with zero attached hydrogens (tertiary/aromatic N) is 3. The number of nitrogens with two attached hydrogens (primary N) is 1. The number of rotatable bonds is 4. The topological polar surface area (TPSA) is 104 Å². The fourth-order valence-electron chi connectivity index (χ4n) is 1.43. The molecule has 0 aliphatic heterocycles. The van der Waals surface area contributed by atoms with Crippen LogP contribution in [0.5, 0.6) is 5.75 Å². The standard InChI is InChI=1S/C10H10N4O3S/c1-6-3-2-4-7(14(15)16)9(6)17-5-8-12-13-10(11)18-8/h2-4H,5H2,1H3,(H2,11,13). The molecular formula is C10H10N4O3S. The second kappa shape index (κ2) is 4.96. The van der Waals surface area contributed by atoms with Crippen LogP contribution in [0.1, 0.15) is 10.6 Å². The number of nitrogen functional groups attached to an aromatic ring is 1. The molecule has 0 saturated carbocycles. The van der Waals surface area contributed by atoms with Gasteiger partial charge in [-0.25, -0.2) is 0 Å². The summed E-state index contributed by atoms with van der Waals surface area (Å²) in [6.45, 7) is 1.86. The van der Waals surface area contributed by atoms with Crippen molar-refractivity contribution in [3.63, 3.8) is 0 Å². The Balaban J connectivity index is 2.20. The van der Waals surface area contributed by atoms with Crippen LogP contribution in [0.15, 0.2) is 18.2 Å². The first-order valence-corrected chi connectivity index (χ1v) is 5.84. The first-order chi connectivity index (χ1) is 8.58. The van der Waals surface area contributed by atoms with Gasteiger partial charge in [0.05, 0.1) is 4.92 Å². The molecule has 18 heavy (non-hydrogen) atoms. The molecule has 1 aromatic carbocycles. The minimum atomic E-state index is -0.475. The molecule has 0 amide bonds. The van der Waals surface area contributed by atoms with Gasteiger partial charge >= 0.3 is 5.69 Å². The molecule has 0 fully saturated rings. The van der Waals surface area contributed by atoms with E-state index in [4.69, 9.17) is 10.5 Å². The molecule has 1 aromatic heterocycles. The van der Waals surface area contributed by atoms with E-state index in [0.717, 1.165) is 0 Å². The van der Waals surface area contributed by atoms with E-state index in [2.05, 4.69) is 10.2 Å². The van der Waals surface area contributed by atoms with Gasteiger partial charge in [0.15, 0.2) is 10.8 Å². The summed E-state index contributed by atoms with van der Waals surface area (Å²) >= 11 is 1.19. The quantitative estimate of drug-likeness (QED) is 0.669. The SMILES string of the molecule is Cc1cccc([N+](=O)[O-])c1OCc1nnc(N)s1. The van der Waals surface area contributed by atoms with E-state index < -0.39 is 4.92 Å². The van der Waals surface area contributed by atoms with Crippen molar-refractivity contribution < 1.29 is 9.66 Å². The minimum Gasteiger partial charge on any atom is -0.479 e. The highest BCUT2D eigenvalue weighted by Crippen LogP contribution is 2.31. The van der Waals surface area contributed by atoms with Crippen molar-refractivity contribution >= 4 is 22.2 Å². The van der Waals surface area contributed by atoms with Crippen molar-refractivity contribution in [1.29, 1.82) is 0 Å². The average Bonchev–Trinajstić information content (AvgIpc) is 2.73. The zero-order valence-electron chi connectivity index (χ0n) is 9.49. The molecule has 0 bridgehead atoms. The number of anilines is 1. The van der Waals surface area contributed by atoms with Crippen molar-refractivity contribution in [2.75, 3.05) is 5.73 Å². The number of nitro groups is 1. The van der Waals surface area contributed by atoms with Crippen LogP contribution >= 0.6 is 11.3 Å². The summed E-state index contributed by atoms with van der Waals surface area (Å²) in [4.78, 5) is 10.4. The Hall–Kier alpha value is -2.22. The first-order valence-electron chi connectivity index (χ1n) is 5.02. The summed E-state index contributed by atoms with van der Waals surface area (Å²) in [6, 6.07) is 4.76. The summed E-state index contributed by atoms with van der Waals surface area (Å²) in [7, 11) is 0. The predicted molar refractivity (Wildman–Crippen MR) is 66.5 cm³/mol. The second-order valence-electron chi connectivity index (χ2n) is 3.50. The summed E-state index contributed by atoms with van der Waals surface area (Å²) in [5.74, 6) is 0.247. The molecule has 94 valence electrons. The van der Waals surface area contributed by atoms with Crippen molar-refractivity contribution in [3.8, 4) is 5.75 Å². The Morgan fingerprint density at radius 1 is 1.50 bits per heavy atom. The fraction of sp³-hybridized carbons (Fsp3) is 0.200. The first kappa shape index (κ1) is 12.2. The average molecular weight is 266 g/mol. The minimum absolute atomic E-state index is 0.0625. The molecular weight excluding hydrogens is 256 g/mol. The lowest BCUT2D eigenvalue weighted by molar-refractivity contribution is -0.386. The van der Waals surface area contributed by atoms with Crippen LogP contribution in [0.4, 0.5) is 10.8 Å². The van der Waals surface area contributed by atoms with Gasteiger partial charge in [0.2, 0.25) is 5.13 Å². The number of aryl methyl sites for hydroxylation is 1. The number of hydrogen-bond donors (Lipinski definition) is 1. The Morgan fingerprint density at radius 3 is 2.89 bits per heavy atom. The molecule has 0 saturated heterocycles. The molecule has 0 radical (unpaired) electrons. The third-order valence-electron chi connectivity index (χ3n) is 2.21. The van der Waals surface area contributed by atoms with Gasteiger partial charge in [-0.3, -0.25) is 10.1 Å². The number of ether oxygens (including phenoxy) is 1. The van der Waals surface area contributed by atoms with Crippen LogP contribution in [-0.4, -0.2) is 15.1 Å². The zero-order valence-corrected chi connectivity index (χ0v) is 10.3. The fourth-order valence-corrected chi connectivity index (χ4v) is 1.95. The lowest BCUT2D eigenvalue weighted by atomic mass is 10.2. The van der Waals surface area contributed by atoms with Gasteiger partial charge < -0.3 is 10.5 Å². The maximum absolute atomic E-state index is 10.9. The normalized spacial score (nSPS) is 10.3. The largest absolute Gasteiger partial charge is 0.479 e. The summed E-state index contributed by atoms with van der Waals surface area (Å²) in [5.41, 5.74) is 6.07. The third kappa shape index (κ3) is 2.54. The maximum atomic E-state index is 10.9. The van der Waals surface area contributed by atoms with Crippen LogP contribution < -0.4 is 10.5 Å². The lowest BCUT2D eigenvalue weighted by Crippen LogP contribution is -2.00. The molecule has 8 heteroatoms. The van der Waals surface area contributed by atoms with Gasteiger partial charge in [-0.05, 0) is 12.5 Å². The van der Waals surface area contributed by atoms with Crippen LogP contribution in [-0.2, 0) is 6.61 Å². The van der Waals surface area contributed by atoms with Crippen LogP contribution in [0.2, 0.25) is 0 Å². The number of nitro benzene ring substituents is 1. The van der Waals surface area contributed by atoms with E-state index in [1.165, 1.54) is 17.4 Å². The molecule has 0 aliphatic carbocycles. The summed E-state index contributed by atoms with van der Waals surface area (Å²) in [6.07, 6.45) is 0. The van der Waals surface area contributed by atoms with Gasteiger partial charge in [0.1, 0.15) is 6.61 Å². The number of aromatic nitrogens is 2. The molecule has 1 heterocycles. The molecule has 0 spiro atoms. The zero-order chi connectivity index (χ0) is 13.1. The number of hydrogen-bond acceptors (Lipinski definition) is 7. The number of benzene rings is 1. The Kier molecular flexibility index (Phi) is 3.38. The Bertz CT molecular complexity index is 584. The van der Waals surface area contributed by atoms with E-state index in [9.17, 15) is 10.1 Å². The van der Waals surface area contributed by atoms with Gasteiger partial charge in [0, 0.05) is 6.07 Å². The monoisotopic (exact) mass is 266 g/mol. The van der Waals surface area contributed by atoms with Crippen molar-refractivity contribution in [3.05, 3.63) is 38.9 Å². The van der Waals surface area contributed by atoms with Crippen LogP contribution in [0, 0.1) is 17.0 Å². The highest BCUT2D eigenvalue weighted by Gasteiger charge is 2.17. The summed E-state index contributed by atoms with van der Waals surface area (Å²) in [5, 5.41) is 19.2. The third-order valence-corrected chi connectivity index (χ3v) is 2.94. The number of para-hydroxylation sites is 1. The lowest BCUT2D eigenvalue weighted by Gasteiger charge is -2.07. The molecule has 7 nitrogen and oxygen atoms in total. The van der Waals surface area contributed by atoms with E-state index in [-0.39, 0.29) is 18.0 Å². The van der Waals surface area contributed by atoms with E-state index in [1.807, 2.05) is 0 Å². The van der Waals surface area contributed by atoms with Gasteiger partial charge in [-0.15, -0.1) is 10.2 Å². The molecule has 2 rings (SSSR count). The van der Waals surface area contributed by atoms with Crippen molar-refractivity contribution in [2.45, 2.75) is 13.5 Å². The van der Waals surface area contributed by atoms with Crippen molar-refractivity contribution in [2.24, 2.45) is 0 Å². The predicted octanol–water partition coefficient (Wildman–Crippen LogP) is 1.92. The molecule has 2 N–H and O–H groups in total. The van der Waals surface area contributed by atoms with Gasteiger partial charge in [0.25, 0.3) is 0 Å². The van der Waals surface area contributed by atoms with Crippen LogP contribution in [0.25, 0.3) is 0 Å².